The highest BCUT2D eigenvalue weighted by atomic mass is 127. The second-order valence-electron chi connectivity index (χ2n) is 4.66. The van der Waals surface area contributed by atoms with Gasteiger partial charge in [-0.3, -0.25) is 24.1 Å². The molecule has 1 aromatic heterocycles. The van der Waals surface area contributed by atoms with Crippen LogP contribution < -0.4 is 5.43 Å². The van der Waals surface area contributed by atoms with Gasteiger partial charge in [-0.15, -0.1) is 0 Å². The van der Waals surface area contributed by atoms with Crippen LogP contribution in [0.4, 0.5) is 0 Å². The van der Waals surface area contributed by atoms with E-state index in [4.69, 9.17) is 4.74 Å². The number of carbonyl (C=O) groups is 3. The first-order chi connectivity index (χ1) is 10.4. The number of aromatic nitrogens is 1. The zero-order valence-electron chi connectivity index (χ0n) is 11.4. The maximum Gasteiger partial charge on any atom is 0.326 e. The Morgan fingerprint density at radius 3 is 2.36 bits per heavy atom. The summed E-state index contributed by atoms with van der Waals surface area (Å²) in [6, 6.07) is 0. The van der Waals surface area contributed by atoms with Crippen LogP contribution in [-0.4, -0.2) is 40.4 Å². The van der Waals surface area contributed by atoms with Crippen molar-refractivity contribution in [3.8, 4) is 0 Å². The molecule has 0 atom stereocenters. The Hall–Kier alpha value is -0.980. The number of halogens is 2. The van der Waals surface area contributed by atoms with Crippen LogP contribution in [0.15, 0.2) is 17.2 Å². The van der Waals surface area contributed by atoms with Gasteiger partial charge in [-0.05, 0) is 51.6 Å². The highest BCUT2D eigenvalue weighted by molar-refractivity contribution is 14.1. The van der Waals surface area contributed by atoms with Gasteiger partial charge in [-0.2, -0.15) is 0 Å². The van der Waals surface area contributed by atoms with Crippen molar-refractivity contribution in [2.24, 2.45) is 0 Å². The largest absolute Gasteiger partial charge is 0.454 e. The summed E-state index contributed by atoms with van der Waals surface area (Å²) in [6.45, 7) is -0.169. The summed E-state index contributed by atoms with van der Waals surface area (Å²) in [5, 5.41) is 0. The van der Waals surface area contributed by atoms with Crippen LogP contribution in [0, 0.1) is 7.14 Å². The standard InChI is InChI=1S/C13H12I2N2O5/c14-8-4-16(5-9(15)13(8)21)6-12(20)22-7-11(19)17-3-1-2-10(17)18/h4-5H,1-3,6-7H2. The average molecular weight is 530 g/mol. The fourth-order valence-electron chi connectivity index (χ4n) is 1.98. The molecular formula is C13H12I2N2O5. The normalized spacial score (nSPS) is 14.3. The lowest BCUT2D eigenvalue weighted by Crippen LogP contribution is -2.35. The number of amides is 2. The van der Waals surface area contributed by atoms with Crippen molar-refractivity contribution in [3.05, 3.63) is 29.8 Å². The zero-order chi connectivity index (χ0) is 16.3. The fourth-order valence-corrected chi connectivity index (χ4v) is 3.79. The molecule has 7 nitrogen and oxygen atoms in total. The minimum Gasteiger partial charge on any atom is -0.454 e. The number of ether oxygens (including phenoxy) is 1. The lowest BCUT2D eigenvalue weighted by Gasteiger charge is -2.13. The van der Waals surface area contributed by atoms with Crippen LogP contribution in [0.3, 0.4) is 0 Å². The number of hydrogen-bond acceptors (Lipinski definition) is 5. The van der Waals surface area contributed by atoms with Gasteiger partial charge in [0, 0.05) is 25.4 Å². The van der Waals surface area contributed by atoms with Gasteiger partial charge in [0.25, 0.3) is 5.91 Å². The van der Waals surface area contributed by atoms with Crippen molar-refractivity contribution in [2.75, 3.05) is 13.2 Å². The predicted octanol–water partition coefficient (Wildman–Crippen LogP) is 0.750. The molecule has 0 N–H and O–H groups in total. The van der Waals surface area contributed by atoms with E-state index in [1.54, 1.807) is 0 Å². The monoisotopic (exact) mass is 530 g/mol. The molecule has 22 heavy (non-hydrogen) atoms. The minimum atomic E-state index is -0.602. The topological polar surface area (TPSA) is 85.7 Å². The van der Waals surface area contributed by atoms with E-state index in [9.17, 15) is 19.2 Å². The van der Waals surface area contributed by atoms with Crippen LogP contribution in [0.1, 0.15) is 12.8 Å². The van der Waals surface area contributed by atoms with Crippen LogP contribution in [0.5, 0.6) is 0 Å². The Labute approximate surface area is 153 Å². The summed E-state index contributed by atoms with van der Waals surface area (Å²) in [7, 11) is 0. The highest BCUT2D eigenvalue weighted by Gasteiger charge is 2.26. The number of nitrogens with zero attached hydrogens (tertiary/aromatic N) is 2. The third kappa shape index (κ3) is 4.27. The molecule has 9 heteroatoms. The maximum absolute atomic E-state index is 11.7. The summed E-state index contributed by atoms with van der Waals surface area (Å²) in [5.41, 5.74) is -0.0893. The average Bonchev–Trinajstić information content (AvgIpc) is 2.88. The Balaban J connectivity index is 1.89. The number of imide groups is 1. The van der Waals surface area contributed by atoms with Crippen LogP contribution in [-0.2, 0) is 25.7 Å². The SMILES string of the molecule is O=C(Cn1cc(I)c(=O)c(I)c1)OCC(=O)N1CCCC1=O. The molecule has 0 spiro atoms. The molecule has 0 unspecified atom stereocenters. The number of esters is 1. The van der Waals surface area contributed by atoms with Crippen molar-refractivity contribution in [3.63, 3.8) is 0 Å². The number of carbonyl (C=O) groups excluding carboxylic acids is 3. The van der Waals surface area contributed by atoms with Gasteiger partial charge in [0.1, 0.15) is 6.54 Å². The molecule has 118 valence electrons. The van der Waals surface area contributed by atoms with Gasteiger partial charge >= 0.3 is 5.97 Å². The Morgan fingerprint density at radius 2 is 1.82 bits per heavy atom. The number of rotatable bonds is 4. The van der Waals surface area contributed by atoms with Crippen molar-refractivity contribution in [2.45, 2.75) is 19.4 Å². The van der Waals surface area contributed by atoms with Gasteiger partial charge in [0.15, 0.2) is 6.61 Å². The third-order valence-corrected chi connectivity index (χ3v) is 4.57. The number of hydrogen-bond donors (Lipinski definition) is 0. The van der Waals surface area contributed by atoms with Gasteiger partial charge < -0.3 is 9.30 Å². The molecule has 0 aromatic carbocycles. The van der Waals surface area contributed by atoms with Gasteiger partial charge in [0.2, 0.25) is 11.3 Å². The van der Waals surface area contributed by atoms with Gasteiger partial charge in [-0.1, -0.05) is 0 Å². The first-order valence-corrected chi connectivity index (χ1v) is 8.58. The molecule has 1 aliphatic heterocycles. The number of likely N-dealkylation sites (tertiary alicyclic amines) is 1. The van der Waals surface area contributed by atoms with E-state index in [0.717, 1.165) is 4.90 Å². The lowest BCUT2D eigenvalue weighted by molar-refractivity contribution is -0.155. The predicted molar refractivity (Wildman–Crippen MR) is 93.0 cm³/mol. The number of pyridine rings is 1. The molecule has 2 amide bonds. The quantitative estimate of drug-likeness (QED) is 0.424. The van der Waals surface area contributed by atoms with E-state index in [1.165, 1.54) is 17.0 Å². The van der Waals surface area contributed by atoms with Crippen LogP contribution in [0.25, 0.3) is 0 Å². The van der Waals surface area contributed by atoms with Gasteiger partial charge in [0.05, 0.1) is 7.14 Å². The van der Waals surface area contributed by atoms with E-state index in [2.05, 4.69) is 0 Å². The van der Waals surface area contributed by atoms with Crippen molar-refractivity contribution < 1.29 is 19.1 Å². The summed E-state index contributed by atoms with van der Waals surface area (Å²) in [4.78, 5) is 47.6. The molecule has 0 radical (unpaired) electrons. The summed E-state index contributed by atoms with van der Waals surface area (Å²) in [5.74, 6) is -1.33. The molecule has 2 rings (SSSR count). The molecule has 1 aromatic rings. The molecular weight excluding hydrogens is 518 g/mol. The summed E-state index contributed by atoms with van der Waals surface area (Å²) >= 11 is 3.79. The van der Waals surface area contributed by atoms with Gasteiger partial charge in [-0.25, -0.2) is 0 Å². The molecule has 2 heterocycles. The Kier molecular flexibility index (Phi) is 5.94. The van der Waals surface area contributed by atoms with Crippen molar-refractivity contribution >= 4 is 63.0 Å². The smallest absolute Gasteiger partial charge is 0.326 e. The van der Waals surface area contributed by atoms with E-state index in [0.29, 0.717) is 26.5 Å². The van der Waals surface area contributed by atoms with Crippen molar-refractivity contribution in [1.82, 2.24) is 9.47 Å². The molecule has 0 aliphatic carbocycles. The zero-order valence-corrected chi connectivity index (χ0v) is 15.7. The first-order valence-electron chi connectivity index (χ1n) is 6.42. The fraction of sp³-hybridized carbons (Fsp3) is 0.385. The Bertz CT molecular complexity index is 659. The molecule has 1 aliphatic rings. The van der Waals surface area contributed by atoms with Crippen LogP contribution >= 0.6 is 45.2 Å². The Morgan fingerprint density at radius 1 is 1.18 bits per heavy atom. The van der Waals surface area contributed by atoms with Crippen molar-refractivity contribution in [1.29, 1.82) is 0 Å². The molecule has 1 fully saturated rings. The lowest BCUT2D eigenvalue weighted by atomic mass is 10.4. The molecule has 1 saturated heterocycles. The first kappa shape index (κ1) is 17.4. The second-order valence-corrected chi connectivity index (χ2v) is 6.98. The highest BCUT2D eigenvalue weighted by Crippen LogP contribution is 2.10. The van der Waals surface area contributed by atoms with E-state index >= 15 is 0 Å². The van der Waals surface area contributed by atoms with E-state index < -0.39 is 18.5 Å². The van der Waals surface area contributed by atoms with E-state index in [1.807, 2.05) is 45.2 Å². The third-order valence-electron chi connectivity index (χ3n) is 3.03. The maximum atomic E-state index is 11.7. The van der Waals surface area contributed by atoms with Crippen LogP contribution in [0.2, 0.25) is 0 Å². The van der Waals surface area contributed by atoms with E-state index in [-0.39, 0.29) is 17.9 Å². The summed E-state index contributed by atoms with van der Waals surface area (Å²) < 4.78 is 7.41. The minimum absolute atomic E-state index is 0.0893. The second kappa shape index (κ2) is 7.53. The summed E-state index contributed by atoms with van der Waals surface area (Å²) in [6.07, 6.45) is 4.08. The molecule has 0 saturated carbocycles. The molecule has 0 bridgehead atoms.